The molecule has 0 unspecified atom stereocenters. The van der Waals surface area contributed by atoms with Crippen LogP contribution in [-0.4, -0.2) is 32.4 Å². The van der Waals surface area contributed by atoms with E-state index in [9.17, 15) is 0 Å². The smallest absolute Gasteiger partial charge is 0.268 e. The molecule has 0 saturated heterocycles. The van der Waals surface area contributed by atoms with Gasteiger partial charge in [-0.15, -0.1) is 16.4 Å². The molecule has 0 fully saturated rings. The van der Waals surface area contributed by atoms with Gasteiger partial charge < -0.3 is 9.26 Å². The Morgan fingerprint density at radius 1 is 1.20 bits per heavy atom. The number of H-pyrrole nitrogens is 1. The van der Waals surface area contributed by atoms with Crippen molar-refractivity contribution in [2.45, 2.75) is 10.9 Å². The van der Waals surface area contributed by atoms with Crippen LogP contribution in [0.25, 0.3) is 22.2 Å². The Hall–Kier alpha value is -2.65. The van der Waals surface area contributed by atoms with Gasteiger partial charge in [-0.2, -0.15) is 4.98 Å². The van der Waals surface area contributed by atoms with Crippen molar-refractivity contribution in [3.8, 4) is 27.9 Å². The van der Waals surface area contributed by atoms with Crippen molar-refractivity contribution in [2.24, 2.45) is 0 Å². The van der Waals surface area contributed by atoms with E-state index in [2.05, 4.69) is 25.3 Å². The monoisotopic (exact) mass is 371 g/mol. The highest BCUT2D eigenvalue weighted by molar-refractivity contribution is 7.98. The van der Waals surface area contributed by atoms with Crippen LogP contribution >= 0.6 is 23.1 Å². The van der Waals surface area contributed by atoms with Crippen LogP contribution in [0, 0.1) is 0 Å². The van der Waals surface area contributed by atoms with E-state index >= 15 is 0 Å². The van der Waals surface area contributed by atoms with Gasteiger partial charge in [0, 0.05) is 5.56 Å². The lowest BCUT2D eigenvalue weighted by atomic mass is 10.2. The van der Waals surface area contributed by atoms with Crippen LogP contribution in [-0.2, 0) is 5.75 Å². The number of aromatic nitrogens is 5. The standard InChI is InChI=1S/C16H13N5O2S2/c1-22-11-6-4-10(5-7-11)14-18-16(20-19-14)25-9-13-17-15(23-21-13)12-3-2-8-24-12/h2-8H,9H2,1H3,(H,18,19,20). The van der Waals surface area contributed by atoms with Crippen LogP contribution in [0.4, 0.5) is 0 Å². The van der Waals surface area contributed by atoms with Crippen molar-refractivity contribution in [1.29, 1.82) is 0 Å². The minimum absolute atomic E-state index is 0.536. The summed E-state index contributed by atoms with van der Waals surface area (Å²) in [6, 6.07) is 11.5. The molecule has 0 amide bonds. The average molecular weight is 371 g/mol. The van der Waals surface area contributed by atoms with Crippen LogP contribution in [0.5, 0.6) is 5.75 Å². The second-order valence-corrected chi connectivity index (χ2v) is 6.87. The number of aromatic amines is 1. The minimum atomic E-state index is 0.536. The van der Waals surface area contributed by atoms with Crippen LogP contribution in [0.1, 0.15) is 5.82 Å². The molecule has 1 N–H and O–H groups in total. The number of rotatable bonds is 6. The van der Waals surface area contributed by atoms with E-state index in [1.807, 2.05) is 41.8 Å². The van der Waals surface area contributed by atoms with Crippen molar-refractivity contribution in [1.82, 2.24) is 25.3 Å². The number of hydrogen-bond donors (Lipinski definition) is 1. The predicted octanol–water partition coefficient (Wildman–Crippen LogP) is 3.88. The summed E-state index contributed by atoms with van der Waals surface area (Å²) in [5.41, 5.74) is 0.944. The summed E-state index contributed by atoms with van der Waals surface area (Å²) in [4.78, 5) is 9.82. The molecular formula is C16H13N5O2S2. The third-order valence-electron chi connectivity index (χ3n) is 3.36. The molecular weight excluding hydrogens is 358 g/mol. The molecule has 0 radical (unpaired) electrons. The van der Waals surface area contributed by atoms with E-state index < -0.39 is 0 Å². The first-order valence-corrected chi connectivity index (χ1v) is 9.24. The van der Waals surface area contributed by atoms with Gasteiger partial charge >= 0.3 is 0 Å². The third kappa shape index (κ3) is 3.57. The highest BCUT2D eigenvalue weighted by atomic mass is 32.2. The van der Waals surface area contributed by atoms with Crippen LogP contribution in [0.3, 0.4) is 0 Å². The summed E-state index contributed by atoms with van der Waals surface area (Å²) in [5, 5.41) is 13.8. The normalized spacial score (nSPS) is 10.9. The third-order valence-corrected chi connectivity index (χ3v) is 5.06. The molecule has 0 spiro atoms. The zero-order chi connectivity index (χ0) is 17.1. The first-order chi connectivity index (χ1) is 12.3. The summed E-state index contributed by atoms with van der Waals surface area (Å²) in [7, 11) is 1.64. The first kappa shape index (κ1) is 15.9. The molecule has 126 valence electrons. The fourth-order valence-corrected chi connectivity index (χ4v) is 3.42. The molecule has 4 rings (SSSR count). The number of hydrogen-bond acceptors (Lipinski definition) is 8. The van der Waals surface area contributed by atoms with E-state index in [-0.39, 0.29) is 0 Å². The molecule has 0 saturated carbocycles. The van der Waals surface area contributed by atoms with Gasteiger partial charge in [-0.25, -0.2) is 4.98 Å². The quantitative estimate of drug-likeness (QED) is 0.514. The van der Waals surface area contributed by atoms with Gasteiger partial charge in [0.05, 0.1) is 17.7 Å². The van der Waals surface area contributed by atoms with E-state index in [1.54, 1.807) is 18.4 Å². The number of ether oxygens (including phenoxy) is 1. The molecule has 3 heterocycles. The molecule has 0 atom stereocenters. The highest BCUT2D eigenvalue weighted by Gasteiger charge is 2.12. The van der Waals surface area contributed by atoms with Crippen molar-refractivity contribution in [3.05, 3.63) is 47.6 Å². The van der Waals surface area contributed by atoms with Gasteiger partial charge in [-0.3, -0.25) is 5.10 Å². The van der Waals surface area contributed by atoms with Gasteiger partial charge in [-0.05, 0) is 35.7 Å². The zero-order valence-corrected chi connectivity index (χ0v) is 14.8. The van der Waals surface area contributed by atoms with Gasteiger partial charge in [0.15, 0.2) is 11.6 Å². The topological polar surface area (TPSA) is 89.7 Å². The van der Waals surface area contributed by atoms with Crippen LogP contribution in [0.15, 0.2) is 51.5 Å². The molecule has 0 aliphatic heterocycles. The average Bonchev–Trinajstić information content (AvgIpc) is 3.41. The largest absolute Gasteiger partial charge is 0.497 e. The number of nitrogens with zero attached hydrogens (tertiary/aromatic N) is 4. The maximum absolute atomic E-state index is 5.27. The fourth-order valence-electron chi connectivity index (χ4n) is 2.13. The maximum Gasteiger partial charge on any atom is 0.268 e. The van der Waals surface area contributed by atoms with Gasteiger partial charge in [0.1, 0.15) is 5.75 Å². The van der Waals surface area contributed by atoms with Gasteiger partial charge in [0.25, 0.3) is 5.89 Å². The number of thioether (sulfide) groups is 1. The minimum Gasteiger partial charge on any atom is -0.497 e. The van der Waals surface area contributed by atoms with Crippen LogP contribution < -0.4 is 4.74 Å². The predicted molar refractivity (Wildman–Crippen MR) is 95.5 cm³/mol. The Labute approximate surface area is 151 Å². The number of methoxy groups -OCH3 is 1. The summed E-state index contributed by atoms with van der Waals surface area (Å²) in [6.45, 7) is 0. The van der Waals surface area contributed by atoms with Gasteiger partial charge in [-0.1, -0.05) is 23.0 Å². The number of nitrogens with one attached hydrogen (secondary N) is 1. The summed E-state index contributed by atoms with van der Waals surface area (Å²) < 4.78 is 10.4. The Bertz CT molecular complexity index is 947. The second kappa shape index (κ2) is 7.08. The zero-order valence-electron chi connectivity index (χ0n) is 13.2. The number of thiophene rings is 1. The highest BCUT2D eigenvalue weighted by Crippen LogP contribution is 2.26. The second-order valence-electron chi connectivity index (χ2n) is 4.98. The number of benzene rings is 1. The van der Waals surface area contributed by atoms with E-state index in [4.69, 9.17) is 9.26 Å². The molecule has 25 heavy (non-hydrogen) atoms. The van der Waals surface area contributed by atoms with E-state index in [0.29, 0.717) is 28.4 Å². The molecule has 0 aliphatic carbocycles. The Balaban J connectivity index is 1.41. The molecule has 1 aromatic carbocycles. The molecule has 3 aromatic heterocycles. The first-order valence-electron chi connectivity index (χ1n) is 7.38. The Kier molecular flexibility index (Phi) is 4.49. The molecule has 9 heteroatoms. The van der Waals surface area contributed by atoms with Crippen molar-refractivity contribution in [3.63, 3.8) is 0 Å². The SMILES string of the molecule is COc1ccc(-c2nc(SCc3noc(-c4cccs4)n3)n[nH]2)cc1. The molecule has 0 aliphatic rings. The van der Waals surface area contributed by atoms with Gasteiger partial charge in [0.2, 0.25) is 5.16 Å². The van der Waals surface area contributed by atoms with E-state index in [1.165, 1.54) is 11.8 Å². The Morgan fingerprint density at radius 2 is 2.08 bits per heavy atom. The van der Waals surface area contributed by atoms with Crippen molar-refractivity contribution < 1.29 is 9.26 Å². The molecule has 0 bridgehead atoms. The maximum atomic E-state index is 5.27. The molecule has 4 aromatic rings. The van der Waals surface area contributed by atoms with E-state index in [0.717, 1.165) is 16.2 Å². The lowest BCUT2D eigenvalue weighted by Gasteiger charge is -1.99. The lowest BCUT2D eigenvalue weighted by molar-refractivity contribution is 0.415. The summed E-state index contributed by atoms with van der Waals surface area (Å²) in [5.74, 6) is 3.20. The summed E-state index contributed by atoms with van der Waals surface area (Å²) in [6.07, 6.45) is 0. The lowest BCUT2D eigenvalue weighted by Crippen LogP contribution is -1.85. The van der Waals surface area contributed by atoms with Crippen LogP contribution in [0.2, 0.25) is 0 Å². The summed E-state index contributed by atoms with van der Waals surface area (Å²) >= 11 is 3.01. The Morgan fingerprint density at radius 3 is 2.84 bits per heavy atom. The fraction of sp³-hybridized carbons (Fsp3) is 0.125. The van der Waals surface area contributed by atoms with Crippen molar-refractivity contribution in [2.75, 3.05) is 7.11 Å². The van der Waals surface area contributed by atoms with Crippen molar-refractivity contribution >= 4 is 23.1 Å². The molecule has 7 nitrogen and oxygen atoms in total.